The van der Waals surface area contributed by atoms with Gasteiger partial charge in [-0.15, -0.1) is 0 Å². The third-order valence-corrected chi connectivity index (χ3v) is 11.0. The van der Waals surface area contributed by atoms with Gasteiger partial charge in [-0.3, -0.25) is 0 Å². The fourth-order valence-corrected chi connectivity index (χ4v) is 8.73. The van der Waals surface area contributed by atoms with Gasteiger partial charge in [0, 0.05) is 49.3 Å². The maximum absolute atomic E-state index is 9.69. The lowest BCUT2D eigenvalue weighted by molar-refractivity contribution is 1.17. The number of nitrogens with zero attached hydrogens (tertiary/aromatic N) is 3. The van der Waals surface area contributed by atoms with Crippen molar-refractivity contribution in [1.82, 2.24) is 13.7 Å². The Morgan fingerprint density at radius 3 is 1.91 bits per heavy atom. The van der Waals surface area contributed by atoms with E-state index in [-0.39, 0.29) is 27.4 Å². The van der Waals surface area contributed by atoms with Crippen LogP contribution in [0.1, 0.15) is 16.4 Å². The molecule has 0 aliphatic rings. The average Bonchev–Trinajstić information content (AvgIpc) is 4.02. The standard InChI is InChI=1S/C54H35N3/c1-3-17-36(18-4-1)37-19-15-22-39(35-37)56-46-28-11-8-24-41(46)43-33-34-51-53(54(43)56)45-26-10-14-31-49(45)57(51)47-29-12-7-23-40(47)42-27-16-32-50-52(42)44-25-9-13-30-48(44)55(50)38-20-5-2-6-21-38/h1-35H/i2D,5D,6D,9D,13D,16D,20D,21D,25D,27D,30D,32D. The molecule has 0 saturated carbocycles. The number of aromatic nitrogens is 3. The highest BCUT2D eigenvalue weighted by Gasteiger charge is 2.23. The quantitative estimate of drug-likeness (QED) is 0.167. The van der Waals surface area contributed by atoms with Crippen molar-refractivity contribution >= 4 is 65.4 Å². The van der Waals surface area contributed by atoms with Crippen molar-refractivity contribution in [2.75, 3.05) is 0 Å². The van der Waals surface area contributed by atoms with Gasteiger partial charge in [-0.05, 0) is 77.3 Å². The van der Waals surface area contributed by atoms with Crippen molar-refractivity contribution in [3.63, 3.8) is 0 Å². The minimum Gasteiger partial charge on any atom is -0.309 e. The van der Waals surface area contributed by atoms with Gasteiger partial charge in [0.2, 0.25) is 0 Å². The summed E-state index contributed by atoms with van der Waals surface area (Å²) in [5.74, 6) is 0. The van der Waals surface area contributed by atoms with Gasteiger partial charge in [-0.2, -0.15) is 0 Å². The molecule has 266 valence electrons. The Hall–Kier alpha value is -7.62. The molecule has 0 aliphatic carbocycles. The Balaban J connectivity index is 1.23. The van der Waals surface area contributed by atoms with E-state index >= 15 is 0 Å². The molecule has 0 fully saturated rings. The fraction of sp³-hybridized carbons (Fsp3) is 0. The van der Waals surface area contributed by atoms with E-state index in [1.54, 1.807) is 12.1 Å². The van der Waals surface area contributed by atoms with Crippen LogP contribution in [0.4, 0.5) is 0 Å². The Kier molecular flexibility index (Phi) is 4.82. The van der Waals surface area contributed by atoms with E-state index in [0.717, 1.165) is 65.0 Å². The normalized spacial score (nSPS) is 14.8. The molecule has 9 aromatic carbocycles. The van der Waals surface area contributed by atoms with Gasteiger partial charge >= 0.3 is 0 Å². The van der Waals surface area contributed by atoms with Crippen molar-refractivity contribution < 1.29 is 16.4 Å². The third kappa shape index (κ3) is 4.66. The average molecular weight is 738 g/mol. The van der Waals surface area contributed by atoms with Crippen molar-refractivity contribution in [1.29, 1.82) is 0 Å². The van der Waals surface area contributed by atoms with Gasteiger partial charge in [0.15, 0.2) is 0 Å². The van der Waals surface area contributed by atoms with Crippen LogP contribution in [-0.2, 0) is 0 Å². The molecule has 0 amide bonds. The second kappa shape index (κ2) is 12.5. The highest BCUT2D eigenvalue weighted by atomic mass is 15.0. The highest BCUT2D eigenvalue weighted by molar-refractivity contribution is 6.26. The zero-order valence-corrected chi connectivity index (χ0v) is 30.1. The van der Waals surface area contributed by atoms with E-state index < -0.39 is 78.2 Å². The summed E-state index contributed by atoms with van der Waals surface area (Å²) in [5.41, 5.74) is 6.85. The van der Waals surface area contributed by atoms with E-state index in [4.69, 9.17) is 9.60 Å². The molecule has 57 heavy (non-hydrogen) atoms. The van der Waals surface area contributed by atoms with E-state index in [2.05, 4.69) is 75.9 Å². The molecule has 12 rings (SSSR count). The van der Waals surface area contributed by atoms with E-state index in [0.29, 0.717) is 11.3 Å². The molecule has 12 aromatic rings. The van der Waals surface area contributed by atoms with Crippen molar-refractivity contribution in [2.24, 2.45) is 0 Å². The predicted octanol–water partition coefficient (Wildman–Crippen LogP) is 14.3. The molecule has 0 N–H and O–H groups in total. The second-order valence-corrected chi connectivity index (χ2v) is 14.0. The van der Waals surface area contributed by atoms with Crippen molar-refractivity contribution in [3.8, 4) is 39.3 Å². The van der Waals surface area contributed by atoms with Crippen LogP contribution in [0, 0.1) is 0 Å². The summed E-state index contributed by atoms with van der Waals surface area (Å²) in [7, 11) is 0. The van der Waals surface area contributed by atoms with Crippen molar-refractivity contribution in [3.05, 3.63) is 212 Å². The number of para-hydroxylation sites is 5. The molecule has 0 bridgehead atoms. The Labute approximate surface area is 346 Å². The summed E-state index contributed by atoms with van der Waals surface area (Å²) in [6.45, 7) is 0. The minimum absolute atomic E-state index is 0.00356. The number of rotatable bonds is 5. The summed E-state index contributed by atoms with van der Waals surface area (Å²) >= 11 is 0. The highest BCUT2D eigenvalue weighted by Crippen LogP contribution is 2.45. The predicted molar refractivity (Wildman–Crippen MR) is 240 cm³/mol. The largest absolute Gasteiger partial charge is 0.309 e. The zero-order valence-electron chi connectivity index (χ0n) is 42.1. The molecular weight excluding hydrogens is 691 g/mol. The molecule has 0 atom stereocenters. The lowest BCUT2D eigenvalue weighted by Gasteiger charge is -2.15. The summed E-state index contributed by atoms with van der Waals surface area (Å²) in [5, 5.41) is 3.86. The van der Waals surface area contributed by atoms with Crippen molar-refractivity contribution in [2.45, 2.75) is 0 Å². The van der Waals surface area contributed by atoms with Crippen LogP contribution in [0.15, 0.2) is 212 Å². The Morgan fingerprint density at radius 1 is 0.333 bits per heavy atom. The minimum atomic E-state index is -0.689. The number of hydrogen-bond acceptors (Lipinski definition) is 0. The molecule has 3 aromatic heterocycles. The molecule has 0 saturated heterocycles. The van der Waals surface area contributed by atoms with Gasteiger partial charge < -0.3 is 13.7 Å². The van der Waals surface area contributed by atoms with Crippen LogP contribution < -0.4 is 0 Å². The second-order valence-electron chi connectivity index (χ2n) is 14.0. The van der Waals surface area contributed by atoms with Gasteiger partial charge in [0.25, 0.3) is 0 Å². The monoisotopic (exact) mass is 737 g/mol. The van der Waals surface area contributed by atoms with E-state index in [1.807, 2.05) is 60.7 Å². The lowest BCUT2D eigenvalue weighted by Crippen LogP contribution is -1.98. The molecular formula is C54H35N3. The van der Waals surface area contributed by atoms with Crippen LogP contribution >= 0.6 is 0 Å². The van der Waals surface area contributed by atoms with Gasteiger partial charge in [-0.25, -0.2) is 0 Å². The van der Waals surface area contributed by atoms with Crippen LogP contribution in [0.2, 0.25) is 0 Å². The summed E-state index contributed by atoms with van der Waals surface area (Å²) < 4.78 is 114. The molecule has 0 aliphatic heterocycles. The summed E-state index contributed by atoms with van der Waals surface area (Å²) in [6, 6.07) is 39.3. The van der Waals surface area contributed by atoms with Gasteiger partial charge in [0.05, 0.1) is 55.2 Å². The first kappa shape index (κ1) is 22.1. The maximum atomic E-state index is 9.69. The smallest absolute Gasteiger partial charge is 0.0645 e. The van der Waals surface area contributed by atoms with Crippen LogP contribution in [0.5, 0.6) is 0 Å². The SMILES string of the molecule is [2H]c1c([2H])c([2H])c(-n2c3c([2H])c([2H])c([2H])c([2H])c3c3c(-c4ccccc4-n4c5ccccc5c5c4ccc4c6ccccc6n(-c6cccc(-c7ccccc7)c6)c45)c([2H])c([2H])c([2H])c32)c([2H])c1[2H]. The number of benzene rings is 9. The van der Waals surface area contributed by atoms with Gasteiger partial charge in [0.1, 0.15) is 0 Å². The molecule has 0 radical (unpaired) electrons. The molecule has 3 heterocycles. The third-order valence-electron chi connectivity index (χ3n) is 11.0. The molecule has 0 unspecified atom stereocenters. The van der Waals surface area contributed by atoms with E-state index in [1.165, 1.54) is 0 Å². The number of fused-ring (bicyclic) bond motifs is 10. The molecule has 3 heteroatoms. The lowest BCUT2D eigenvalue weighted by atomic mass is 9.97. The Bertz CT molecular complexity index is 4200. The Morgan fingerprint density at radius 2 is 1.04 bits per heavy atom. The van der Waals surface area contributed by atoms with Crippen LogP contribution in [0.3, 0.4) is 0 Å². The topological polar surface area (TPSA) is 14.8 Å². The van der Waals surface area contributed by atoms with Gasteiger partial charge in [-0.1, -0.05) is 151 Å². The fourth-order valence-electron chi connectivity index (χ4n) is 8.73. The zero-order chi connectivity index (χ0) is 47.9. The summed E-state index contributed by atoms with van der Waals surface area (Å²) in [6.07, 6.45) is 0. The first-order chi connectivity index (χ1) is 33.3. The first-order valence-corrected chi connectivity index (χ1v) is 18.6. The van der Waals surface area contributed by atoms with Crippen LogP contribution in [0.25, 0.3) is 105 Å². The number of hydrogen-bond donors (Lipinski definition) is 0. The first-order valence-electron chi connectivity index (χ1n) is 24.6. The molecule has 3 nitrogen and oxygen atoms in total. The summed E-state index contributed by atoms with van der Waals surface area (Å²) in [4.78, 5) is 0. The van der Waals surface area contributed by atoms with E-state index in [9.17, 15) is 6.85 Å². The maximum Gasteiger partial charge on any atom is 0.0645 e. The molecule has 0 spiro atoms. The van der Waals surface area contributed by atoms with Crippen LogP contribution in [-0.4, -0.2) is 13.7 Å².